The molecular formula is C12H11FN2O. The van der Waals surface area contributed by atoms with E-state index < -0.39 is 5.91 Å². The highest BCUT2D eigenvalue weighted by Crippen LogP contribution is 2.21. The quantitative estimate of drug-likeness (QED) is 0.853. The van der Waals surface area contributed by atoms with Gasteiger partial charge in [0.25, 0.3) is 0 Å². The van der Waals surface area contributed by atoms with E-state index in [0.717, 1.165) is 10.8 Å². The van der Waals surface area contributed by atoms with Crippen molar-refractivity contribution in [2.75, 3.05) is 0 Å². The van der Waals surface area contributed by atoms with Crippen LogP contribution in [0.2, 0.25) is 0 Å². The Balaban J connectivity index is 2.48. The molecule has 1 amide bonds. The predicted octanol–water partition coefficient (Wildman–Crippen LogP) is 1.79. The molecule has 4 heteroatoms. The number of hydrogen-bond acceptors (Lipinski definition) is 2. The van der Waals surface area contributed by atoms with E-state index in [0.29, 0.717) is 12.0 Å². The maximum absolute atomic E-state index is 13.6. The number of aromatic nitrogens is 1. The van der Waals surface area contributed by atoms with E-state index in [-0.39, 0.29) is 12.2 Å². The van der Waals surface area contributed by atoms with Crippen LogP contribution in [0, 0.1) is 5.82 Å². The number of amides is 1. The van der Waals surface area contributed by atoms with Crippen LogP contribution in [0.4, 0.5) is 4.39 Å². The molecule has 0 aliphatic heterocycles. The summed E-state index contributed by atoms with van der Waals surface area (Å²) in [5, 5.41) is 1.65. The van der Waals surface area contributed by atoms with Gasteiger partial charge in [0.05, 0.1) is 0 Å². The average Bonchev–Trinajstić information content (AvgIpc) is 2.27. The Bertz CT molecular complexity index is 540. The monoisotopic (exact) mass is 218 g/mol. The Hall–Kier alpha value is -1.97. The first-order valence-corrected chi connectivity index (χ1v) is 4.98. The first-order valence-electron chi connectivity index (χ1n) is 4.98. The van der Waals surface area contributed by atoms with Gasteiger partial charge in [0.1, 0.15) is 5.82 Å². The highest BCUT2D eigenvalue weighted by Gasteiger charge is 2.08. The summed E-state index contributed by atoms with van der Waals surface area (Å²) in [5.41, 5.74) is 5.59. The van der Waals surface area contributed by atoms with Crippen molar-refractivity contribution in [1.29, 1.82) is 0 Å². The molecule has 0 aliphatic carbocycles. The summed E-state index contributed by atoms with van der Waals surface area (Å²) in [5.74, 6) is -0.731. The van der Waals surface area contributed by atoms with Crippen LogP contribution >= 0.6 is 0 Å². The third kappa shape index (κ3) is 2.00. The zero-order valence-electron chi connectivity index (χ0n) is 8.61. The van der Waals surface area contributed by atoms with E-state index >= 15 is 0 Å². The van der Waals surface area contributed by atoms with Gasteiger partial charge in [-0.25, -0.2) is 4.39 Å². The minimum absolute atomic E-state index is 0.151. The van der Waals surface area contributed by atoms with Gasteiger partial charge in [0, 0.05) is 24.2 Å². The van der Waals surface area contributed by atoms with Crippen molar-refractivity contribution < 1.29 is 9.18 Å². The number of rotatable bonds is 3. The average molecular weight is 218 g/mol. The third-order valence-corrected chi connectivity index (χ3v) is 2.50. The lowest BCUT2D eigenvalue weighted by Crippen LogP contribution is -2.11. The smallest absolute Gasteiger partial charge is 0.217 e. The summed E-state index contributed by atoms with van der Waals surface area (Å²) in [7, 11) is 0. The number of benzene rings is 1. The fraction of sp³-hybridized carbons (Fsp3) is 0.167. The molecule has 16 heavy (non-hydrogen) atoms. The first-order chi connectivity index (χ1) is 7.68. The third-order valence-electron chi connectivity index (χ3n) is 2.50. The molecule has 0 aliphatic rings. The fourth-order valence-corrected chi connectivity index (χ4v) is 1.71. The Morgan fingerprint density at radius 2 is 2.19 bits per heavy atom. The van der Waals surface area contributed by atoms with Crippen molar-refractivity contribution in [1.82, 2.24) is 4.98 Å². The SMILES string of the molecule is NC(=O)CCc1c(F)ccc2cnccc12. The number of hydrogen-bond donors (Lipinski definition) is 1. The number of aryl methyl sites for hydroxylation is 1. The molecule has 0 saturated carbocycles. The molecular weight excluding hydrogens is 207 g/mol. The van der Waals surface area contributed by atoms with Gasteiger partial charge in [-0.3, -0.25) is 9.78 Å². The molecule has 0 saturated heterocycles. The van der Waals surface area contributed by atoms with Crippen molar-refractivity contribution in [3.8, 4) is 0 Å². The van der Waals surface area contributed by atoms with E-state index in [2.05, 4.69) is 4.98 Å². The number of carbonyl (C=O) groups excluding carboxylic acids is 1. The van der Waals surface area contributed by atoms with Crippen LogP contribution in [0.3, 0.4) is 0 Å². The first kappa shape index (κ1) is 10.5. The van der Waals surface area contributed by atoms with Gasteiger partial charge in [-0.1, -0.05) is 0 Å². The second-order valence-corrected chi connectivity index (χ2v) is 3.59. The zero-order valence-corrected chi connectivity index (χ0v) is 8.61. The molecule has 1 aromatic heterocycles. The highest BCUT2D eigenvalue weighted by molar-refractivity contribution is 5.85. The summed E-state index contributed by atoms with van der Waals surface area (Å²) in [6.45, 7) is 0. The van der Waals surface area contributed by atoms with Gasteiger partial charge in [0.15, 0.2) is 0 Å². The van der Waals surface area contributed by atoms with E-state index in [1.807, 2.05) is 0 Å². The highest BCUT2D eigenvalue weighted by atomic mass is 19.1. The maximum atomic E-state index is 13.6. The van der Waals surface area contributed by atoms with Gasteiger partial charge < -0.3 is 5.73 Å². The van der Waals surface area contributed by atoms with Crippen LogP contribution in [-0.2, 0) is 11.2 Å². The van der Waals surface area contributed by atoms with Gasteiger partial charge in [-0.05, 0) is 35.6 Å². The topological polar surface area (TPSA) is 56.0 Å². The van der Waals surface area contributed by atoms with Gasteiger partial charge >= 0.3 is 0 Å². The number of nitrogens with zero attached hydrogens (tertiary/aromatic N) is 1. The number of carbonyl (C=O) groups is 1. The molecule has 1 heterocycles. The zero-order chi connectivity index (χ0) is 11.5. The van der Waals surface area contributed by atoms with Crippen molar-refractivity contribution in [2.24, 2.45) is 5.73 Å². The lowest BCUT2D eigenvalue weighted by atomic mass is 10.0. The van der Waals surface area contributed by atoms with Crippen molar-refractivity contribution in [3.05, 3.63) is 42.0 Å². The summed E-state index contributed by atoms with van der Waals surface area (Å²) in [6.07, 6.45) is 3.75. The Morgan fingerprint density at radius 3 is 2.94 bits per heavy atom. The molecule has 1 aromatic carbocycles. The molecule has 82 valence electrons. The summed E-state index contributed by atoms with van der Waals surface area (Å²) in [4.78, 5) is 14.7. The fourth-order valence-electron chi connectivity index (χ4n) is 1.71. The lowest BCUT2D eigenvalue weighted by molar-refractivity contribution is -0.117. The molecule has 2 N–H and O–H groups in total. The van der Waals surface area contributed by atoms with E-state index in [9.17, 15) is 9.18 Å². The number of fused-ring (bicyclic) bond motifs is 1. The molecule has 2 aromatic rings. The van der Waals surface area contributed by atoms with Crippen LogP contribution in [0.1, 0.15) is 12.0 Å². The van der Waals surface area contributed by atoms with Crippen LogP contribution < -0.4 is 5.73 Å². The van der Waals surface area contributed by atoms with Gasteiger partial charge in [-0.2, -0.15) is 0 Å². The number of pyridine rings is 1. The van der Waals surface area contributed by atoms with Crippen molar-refractivity contribution >= 4 is 16.7 Å². The summed E-state index contributed by atoms with van der Waals surface area (Å²) < 4.78 is 13.6. The predicted molar refractivity (Wildman–Crippen MR) is 59.2 cm³/mol. The molecule has 0 unspecified atom stereocenters. The largest absolute Gasteiger partial charge is 0.370 e. The Morgan fingerprint density at radius 1 is 1.38 bits per heavy atom. The minimum Gasteiger partial charge on any atom is -0.370 e. The second kappa shape index (κ2) is 4.26. The maximum Gasteiger partial charge on any atom is 0.217 e. The van der Waals surface area contributed by atoms with Gasteiger partial charge in [-0.15, -0.1) is 0 Å². The summed E-state index contributed by atoms with van der Waals surface area (Å²) >= 11 is 0. The number of primary amides is 1. The van der Waals surface area contributed by atoms with E-state index in [4.69, 9.17) is 5.73 Å². The second-order valence-electron chi connectivity index (χ2n) is 3.59. The van der Waals surface area contributed by atoms with Crippen LogP contribution in [0.25, 0.3) is 10.8 Å². The normalized spacial score (nSPS) is 10.6. The molecule has 0 bridgehead atoms. The van der Waals surface area contributed by atoms with Crippen molar-refractivity contribution in [3.63, 3.8) is 0 Å². The van der Waals surface area contributed by atoms with E-state index in [1.54, 1.807) is 24.5 Å². The van der Waals surface area contributed by atoms with Crippen LogP contribution in [-0.4, -0.2) is 10.9 Å². The number of halogens is 1. The molecule has 0 spiro atoms. The van der Waals surface area contributed by atoms with Gasteiger partial charge in [0.2, 0.25) is 5.91 Å². The Kier molecular flexibility index (Phi) is 2.81. The van der Waals surface area contributed by atoms with Crippen LogP contribution in [0.5, 0.6) is 0 Å². The van der Waals surface area contributed by atoms with Crippen molar-refractivity contribution in [2.45, 2.75) is 12.8 Å². The molecule has 3 nitrogen and oxygen atoms in total. The minimum atomic E-state index is -0.426. The Labute approximate surface area is 92.1 Å². The molecule has 2 rings (SSSR count). The van der Waals surface area contributed by atoms with Crippen LogP contribution in [0.15, 0.2) is 30.6 Å². The number of nitrogens with two attached hydrogens (primary N) is 1. The molecule has 0 fully saturated rings. The molecule has 0 atom stereocenters. The summed E-state index contributed by atoms with van der Waals surface area (Å²) in [6, 6.07) is 4.81. The molecule has 0 radical (unpaired) electrons. The standard InChI is InChI=1S/C12H11FN2O/c13-11-3-1-8-7-15-6-5-9(8)10(11)2-4-12(14)16/h1,3,5-7H,2,4H2,(H2,14,16). The van der Waals surface area contributed by atoms with E-state index in [1.165, 1.54) is 6.07 Å². The lowest BCUT2D eigenvalue weighted by Gasteiger charge is -2.06.